The first kappa shape index (κ1) is 14.7. The summed E-state index contributed by atoms with van der Waals surface area (Å²) in [5.74, 6) is 0.255. The van der Waals surface area contributed by atoms with Crippen LogP contribution in [0.25, 0.3) is 0 Å². The van der Waals surface area contributed by atoms with Crippen LogP contribution in [0.5, 0.6) is 0 Å². The standard InChI is InChI=1S/C9H20N2O3S/c1-9(13,6-15-3)5-11-8(12)7(10)4-14-2/h7,13H,4-6,10H2,1-3H3,(H,11,12). The number of aliphatic hydroxyl groups is 1. The highest BCUT2D eigenvalue weighted by Gasteiger charge is 2.22. The van der Waals surface area contributed by atoms with Crippen molar-refractivity contribution in [2.75, 3.05) is 32.3 Å². The van der Waals surface area contributed by atoms with Crippen molar-refractivity contribution in [1.82, 2.24) is 5.32 Å². The van der Waals surface area contributed by atoms with E-state index in [1.54, 1.807) is 6.92 Å². The van der Waals surface area contributed by atoms with Crippen LogP contribution in [0.4, 0.5) is 0 Å². The second-order valence-corrected chi connectivity index (χ2v) is 4.58. The van der Waals surface area contributed by atoms with E-state index < -0.39 is 11.6 Å². The molecule has 0 aliphatic rings. The molecule has 0 aliphatic heterocycles. The van der Waals surface area contributed by atoms with Crippen LogP contribution in [-0.4, -0.2) is 54.9 Å². The summed E-state index contributed by atoms with van der Waals surface area (Å²) in [6, 6.07) is -0.680. The largest absolute Gasteiger partial charge is 0.387 e. The topological polar surface area (TPSA) is 84.6 Å². The minimum absolute atomic E-state index is 0.177. The third-order valence-electron chi connectivity index (χ3n) is 1.78. The first-order valence-electron chi connectivity index (χ1n) is 4.66. The number of thioether (sulfide) groups is 1. The first-order valence-corrected chi connectivity index (χ1v) is 6.06. The summed E-state index contributed by atoms with van der Waals surface area (Å²) in [5, 5.41) is 12.4. The highest BCUT2D eigenvalue weighted by molar-refractivity contribution is 7.98. The Morgan fingerprint density at radius 2 is 2.33 bits per heavy atom. The maximum Gasteiger partial charge on any atom is 0.239 e. The van der Waals surface area contributed by atoms with E-state index in [0.717, 1.165) is 0 Å². The minimum Gasteiger partial charge on any atom is -0.387 e. The molecule has 0 rings (SSSR count). The molecule has 0 aliphatic carbocycles. The van der Waals surface area contributed by atoms with Gasteiger partial charge < -0.3 is 20.9 Å². The zero-order valence-electron chi connectivity index (χ0n) is 9.45. The molecule has 2 unspecified atom stereocenters. The zero-order chi connectivity index (χ0) is 11.9. The Kier molecular flexibility index (Phi) is 6.91. The van der Waals surface area contributed by atoms with Crippen molar-refractivity contribution in [1.29, 1.82) is 0 Å². The van der Waals surface area contributed by atoms with Gasteiger partial charge in [-0.05, 0) is 13.2 Å². The zero-order valence-corrected chi connectivity index (χ0v) is 10.3. The van der Waals surface area contributed by atoms with Crippen LogP contribution in [0, 0.1) is 0 Å². The van der Waals surface area contributed by atoms with Crippen LogP contribution < -0.4 is 11.1 Å². The fourth-order valence-corrected chi connectivity index (χ4v) is 1.75. The lowest BCUT2D eigenvalue weighted by molar-refractivity contribution is -0.124. The quantitative estimate of drug-likeness (QED) is 0.538. The van der Waals surface area contributed by atoms with Gasteiger partial charge in [-0.1, -0.05) is 0 Å². The maximum absolute atomic E-state index is 11.3. The Hall–Kier alpha value is -0.300. The van der Waals surface area contributed by atoms with Gasteiger partial charge in [0.15, 0.2) is 0 Å². The van der Waals surface area contributed by atoms with Crippen LogP contribution >= 0.6 is 11.8 Å². The van der Waals surface area contributed by atoms with Gasteiger partial charge in [-0.3, -0.25) is 4.79 Å². The summed E-state index contributed by atoms with van der Waals surface area (Å²) >= 11 is 1.52. The predicted octanol–water partition coefficient (Wildman–Crippen LogP) is -0.810. The Bertz CT molecular complexity index is 200. The van der Waals surface area contributed by atoms with E-state index in [9.17, 15) is 9.90 Å². The molecule has 90 valence electrons. The summed E-state index contributed by atoms with van der Waals surface area (Å²) in [6.45, 7) is 2.05. The molecule has 0 spiro atoms. The van der Waals surface area contributed by atoms with Crippen LogP contribution in [0.15, 0.2) is 0 Å². The number of nitrogens with two attached hydrogens (primary N) is 1. The van der Waals surface area contributed by atoms with Crippen LogP contribution in [0.1, 0.15) is 6.92 Å². The molecular formula is C9H20N2O3S. The van der Waals surface area contributed by atoms with Crippen molar-refractivity contribution in [2.24, 2.45) is 5.73 Å². The molecule has 15 heavy (non-hydrogen) atoms. The van der Waals surface area contributed by atoms with Crippen molar-refractivity contribution in [3.63, 3.8) is 0 Å². The van der Waals surface area contributed by atoms with Crippen molar-refractivity contribution in [3.8, 4) is 0 Å². The molecule has 1 amide bonds. The van der Waals surface area contributed by atoms with Gasteiger partial charge in [-0.25, -0.2) is 0 Å². The molecule has 2 atom stereocenters. The number of amides is 1. The lowest BCUT2D eigenvalue weighted by Crippen LogP contribution is -2.49. The van der Waals surface area contributed by atoms with Crippen molar-refractivity contribution >= 4 is 17.7 Å². The van der Waals surface area contributed by atoms with Gasteiger partial charge in [0.25, 0.3) is 0 Å². The van der Waals surface area contributed by atoms with Gasteiger partial charge in [0.1, 0.15) is 6.04 Å². The SMILES string of the molecule is COCC(N)C(=O)NCC(C)(O)CSC. The number of rotatable bonds is 7. The van der Waals surface area contributed by atoms with Gasteiger partial charge in [-0.2, -0.15) is 11.8 Å². The summed E-state index contributed by atoms with van der Waals surface area (Å²) in [7, 11) is 1.48. The number of carbonyl (C=O) groups excluding carboxylic acids is 1. The monoisotopic (exact) mass is 236 g/mol. The number of carbonyl (C=O) groups is 1. The third kappa shape index (κ3) is 6.72. The molecule has 0 fully saturated rings. The van der Waals surface area contributed by atoms with E-state index >= 15 is 0 Å². The number of hydrogen-bond donors (Lipinski definition) is 3. The normalized spacial score (nSPS) is 16.9. The summed E-state index contributed by atoms with van der Waals surface area (Å²) in [4.78, 5) is 11.3. The molecule has 5 nitrogen and oxygen atoms in total. The van der Waals surface area contributed by atoms with Gasteiger partial charge in [0.05, 0.1) is 12.2 Å². The fraction of sp³-hybridized carbons (Fsp3) is 0.889. The fourth-order valence-electron chi connectivity index (χ4n) is 1.03. The summed E-state index contributed by atoms with van der Waals surface area (Å²) in [6.07, 6.45) is 1.90. The van der Waals surface area contributed by atoms with E-state index in [4.69, 9.17) is 10.5 Å². The maximum atomic E-state index is 11.3. The Morgan fingerprint density at radius 1 is 1.73 bits per heavy atom. The van der Waals surface area contributed by atoms with Gasteiger partial charge in [0, 0.05) is 19.4 Å². The van der Waals surface area contributed by atoms with E-state index in [-0.39, 0.29) is 19.1 Å². The molecular weight excluding hydrogens is 216 g/mol. The molecule has 0 heterocycles. The lowest BCUT2D eigenvalue weighted by atomic mass is 10.1. The Labute approximate surface area is 94.7 Å². The van der Waals surface area contributed by atoms with Crippen LogP contribution in [0.3, 0.4) is 0 Å². The first-order chi connectivity index (χ1) is 6.93. The second kappa shape index (κ2) is 7.05. The van der Waals surface area contributed by atoms with Gasteiger partial charge >= 0.3 is 0 Å². The molecule has 0 saturated heterocycles. The molecule has 0 aromatic rings. The Balaban J connectivity index is 3.88. The molecule has 0 aromatic carbocycles. The van der Waals surface area contributed by atoms with E-state index in [1.807, 2.05) is 6.26 Å². The number of ether oxygens (including phenoxy) is 1. The molecule has 4 N–H and O–H groups in total. The van der Waals surface area contributed by atoms with Crippen molar-refractivity contribution in [2.45, 2.75) is 18.6 Å². The summed E-state index contributed by atoms with van der Waals surface area (Å²) in [5.41, 5.74) is 4.61. The number of nitrogens with one attached hydrogen (secondary N) is 1. The molecule has 0 bridgehead atoms. The summed E-state index contributed by atoms with van der Waals surface area (Å²) < 4.78 is 4.75. The van der Waals surface area contributed by atoms with E-state index in [0.29, 0.717) is 5.75 Å². The molecule has 0 aromatic heterocycles. The van der Waals surface area contributed by atoms with Crippen molar-refractivity contribution in [3.05, 3.63) is 0 Å². The van der Waals surface area contributed by atoms with Gasteiger partial charge in [0.2, 0.25) is 5.91 Å². The number of hydrogen-bond acceptors (Lipinski definition) is 5. The Morgan fingerprint density at radius 3 is 2.80 bits per heavy atom. The van der Waals surface area contributed by atoms with Gasteiger partial charge in [-0.15, -0.1) is 0 Å². The molecule has 0 saturated carbocycles. The molecule has 0 radical (unpaired) electrons. The predicted molar refractivity (Wildman–Crippen MR) is 61.9 cm³/mol. The average Bonchev–Trinajstić information content (AvgIpc) is 2.14. The van der Waals surface area contributed by atoms with E-state index in [2.05, 4.69) is 5.32 Å². The average molecular weight is 236 g/mol. The lowest BCUT2D eigenvalue weighted by Gasteiger charge is -2.23. The van der Waals surface area contributed by atoms with Crippen molar-refractivity contribution < 1.29 is 14.6 Å². The van der Waals surface area contributed by atoms with Crippen LogP contribution in [-0.2, 0) is 9.53 Å². The molecule has 6 heteroatoms. The second-order valence-electron chi connectivity index (χ2n) is 3.71. The highest BCUT2D eigenvalue weighted by atomic mass is 32.2. The minimum atomic E-state index is -0.901. The smallest absolute Gasteiger partial charge is 0.239 e. The van der Waals surface area contributed by atoms with Crippen LogP contribution in [0.2, 0.25) is 0 Å². The third-order valence-corrected chi connectivity index (χ3v) is 2.69. The number of methoxy groups -OCH3 is 1. The highest BCUT2D eigenvalue weighted by Crippen LogP contribution is 2.08. The van der Waals surface area contributed by atoms with E-state index in [1.165, 1.54) is 18.9 Å².